The zero-order valence-electron chi connectivity index (χ0n) is 18.5. The molecular formula is C27H19N7O. The number of aromatic nitrogens is 5. The van der Waals surface area contributed by atoms with Gasteiger partial charge in [0.25, 0.3) is 0 Å². The number of anilines is 1. The highest BCUT2D eigenvalue weighted by molar-refractivity contribution is 5.92. The van der Waals surface area contributed by atoms with Crippen molar-refractivity contribution in [3.63, 3.8) is 0 Å². The van der Waals surface area contributed by atoms with E-state index >= 15 is 0 Å². The van der Waals surface area contributed by atoms with E-state index in [9.17, 15) is 4.79 Å². The Morgan fingerprint density at radius 1 is 0.886 bits per heavy atom. The van der Waals surface area contributed by atoms with Gasteiger partial charge in [-0.15, -0.1) is 5.10 Å². The van der Waals surface area contributed by atoms with E-state index in [1.807, 2.05) is 60.7 Å². The highest BCUT2D eigenvalue weighted by Gasteiger charge is 2.19. The first-order chi connectivity index (χ1) is 17.2. The maximum Gasteiger partial charge on any atom is 0.231 e. The Hall–Kier alpha value is -5.16. The third-order valence-corrected chi connectivity index (χ3v) is 5.38. The van der Waals surface area contributed by atoms with Crippen LogP contribution in [0.15, 0.2) is 97.5 Å². The zero-order valence-corrected chi connectivity index (χ0v) is 18.5. The summed E-state index contributed by atoms with van der Waals surface area (Å²) in [5, 5.41) is 11.4. The van der Waals surface area contributed by atoms with Gasteiger partial charge in [0.15, 0.2) is 5.69 Å². The molecule has 35 heavy (non-hydrogen) atoms. The summed E-state index contributed by atoms with van der Waals surface area (Å²) >= 11 is 0. The molecule has 0 aliphatic rings. The minimum Gasteiger partial charge on any atom is -0.310 e. The third kappa shape index (κ3) is 4.79. The molecule has 0 aliphatic heterocycles. The number of carbonyl (C=O) groups is 1. The highest BCUT2D eigenvalue weighted by atomic mass is 16.1. The fourth-order valence-corrected chi connectivity index (χ4v) is 3.69. The number of nitrogens with zero attached hydrogens (tertiary/aromatic N) is 6. The molecule has 8 heteroatoms. The number of nitrogens with one attached hydrogen (secondary N) is 1. The van der Waals surface area contributed by atoms with Crippen molar-refractivity contribution in [3.8, 4) is 28.1 Å². The van der Waals surface area contributed by atoms with Crippen LogP contribution in [0.5, 0.6) is 0 Å². The van der Waals surface area contributed by atoms with E-state index in [-0.39, 0.29) is 12.3 Å². The summed E-state index contributed by atoms with van der Waals surface area (Å²) in [5.41, 5.74) is 5.30. The first-order valence-corrected chi connectivity index (χ1v) is 10.9. The van der Waals surface area contributed by atoms with Gasteiger partial charge >= 0.3 is 0 Å². The fourth-order valence-electron chi connectivity index (χ4n) is 3.69. The molecule has 168 valence electrons. The first-order valence-electron chi connectivity index (χ1n) is 10.9. The molecule has 0 fully saturated rings. The zero-order chi connectivity index (χ0) is 24.0. The molecule has 3 heterocycles. The van der Waals surface area contributed by atoms with Gasteiger partial charge in [0.1, 0.15) is 11.5 Å². The van der Waals surface area contributed by atoms with Crippen molar-refractivity contribution in [1.82, 2.24) is 25.0 Å². The second-order valence-corrected chi connectivity index (χ2v) is 7.68. The van der Waals surface area contributed by atoms with Gasteiger partial charge in [0.2, 0.25) is 5.91 Å². The van der Waals surface area contributed by atoms with Crippen LogP contribution >= 0.6 is 0 Å². The number of pyridine rings is 2. The maximum atomic E-state index is 12.9. The van der Waals surface area contributed by atoms with E-state index in [1.54, 1.807) is 41.5 Å². The number of hydrogen-bond donors (Lipinski definition) is 1. The van der Waals surface area contributed by atoms with Gasteiger partial charge in [-0.3, -0.25) is 9.78 Å². The second-order valence-electron chi connectivity index (χ2n) is 7.68. The number of benzene rings is 2. The molecule has 0 saturated carbocycles. The van der Waals surface area contributed by atoms with Gasteiger partial charge in [-0.25, -0.2) is 14.5 Å². The summed E-state index contributed by atoms with van der Waals surface area (Å²) in [6.45, 7) is 7.20. The average Bonchev–Trinajstić information content (AvgIpc) is 3.33. The molecule has 0 spiro atoms. The van der Waals surface area contributed by atoms with Crippen LogP contribution in [0.1, 0.15) is 5.69 Å². The van der Waals surface area contributed by atoms with E-state index in [2.05, 4.69) is 30.4 Å². The van der Waals surface area contributed by atoms with Gasteiger partial charge < -0.3 is 5.32 Å². The molecule has 0 atom stereocenters. The van der Waals surface area contributed by atoms with Crippen LogP contribution in [-0.4, -0.2) is 30.9 Å². The average molecular weight is 457 g/mol. The molecule has 1 N–H and O–H groups in total. The summed E-state index contributed by atoms with van der Waals surface area (Å²) < 4.78 is 1.67. The Bertz CT molecular complexity index is 1490. The first kappa shape index (κ1) is 21.7. The number of rotatable bonds is 6. The quantitative estimate of drug-likeness (QED) is 0.357. The lowest BCUT2D eigenvalue weighted by molar-refractivity contribution is -0.115. The molecule has 1 amide bonds. The standard InChI is InChI=1S/C27H19N7O/c1-28-22-10-7-20(8-11-22)27-24(32-33-34(27)23-13-15-29-16-14-23)17-26(35)31-25-12-9-21(18-30-25)19-5-3-2-4-6-19/h2-16,18H,17H2,(H,30,31,35). The number of hydrogen-bond acceptors (Lipinski definition) is 5. The van der Waals surface area contributed by atoms with Crippen molar-refractivity contribution in [2.75, 3.05) is 5.32 Å². The normalized spacial score (nSPS) is 10.5. The van der Waals surface area contributed by atoms with Crippen molar-refractivity contribution in [2.24, 2.45) is 0 Å². The number of amides is 1. The van der Waals surface area contributed by atoms with Gasteiger partial charge in [-0.05, 0) is 35.4 Å². The molecule has 0 saturated heterocycles. The van der Waals surface area contributed by atoms with E-state index in [4.69, 9.17) is 6.57 Å². The summed E-state index contributed by atoms with van der Waals surface area (Å²) in [5.74, 6) is 0.199. The fraction of sp³-hybridized carbons (Fsp3) is 0.0370. The lowest BCUT2D eigenvalue weighted by Gasteiger charge is -2.09. The Balaban J connectivity index is 1.40. The topological polar surface area (TPSA) is 90.0 Å². The van der Waals surface area contributed by atoms with E-state index in [1.165, 1.54) is 0 Å². The van der Waals surface area contributed by atoms with Gasteiger partial charge in [0, 0.05) is 24.2 Å². The van der Waals surface area contributed by atoms with Crippen molar-refractivity contribution >= 4 is 17.4 Å². The smallest absolute Gasteiger partial charge is 0.231 e. The van der Waals surface area contributed by atoms with Crippen molar-refractivity contribution < 1.29 is 4.79 Å². The molecule has 0 unspecified atom stereocenters. The SMILES string of the molecule is [C-]#[N+]c1ccc(-c2c(CC(=O)Nc3ccc(-c4ccccc4)cn3)nnn2-c2ccncc2)cc1. The van der Waals surface area contributed by atoms with Crippen molar-refractivity contribution in [2.45, 2.75) is 6.42 Å². The summed E-state index contributed by atoms with van der Waals surface area (Å²) in [6, 6.07) is 24.4. The van der Waals surface area contributed by atoms with Gasteiger partial charge in [0.05, 0.1) is 24.4 Å². The molecule has 0 radical (unpaired) electrons. The highest BCUT2D eigenvalue weighted by Crippen LogP contribution is 2.28. The molecule has 0 bridgehead atoms. The van der Waals surface area contributed by atoms with Crippen LogP contribution in [0.25, 0.3) is 32.9 Å². The number of carbonyl (C=O) groups excluding carboxylic acids is 1. The third-order valence-electron chi connectivity index (χ3n) is 5.38. The van der Waals surface area contributed by atoms with Crippen LogP contribution in [0, 0.1) is 6.57 Å². The van der Waals surface area contributed by atoms with Crippen molar-refractivity contribution in [1.29, 1.82) is 0 Å². The molecule has 5 aromatic rings. The maximum absolute atomic E-state index is 12.9. The lowest BCUT2D eigenvalue weighted by atomic mass is 10.1. The summed E-state index contributed by atoms with van der Waals surface area (Å²) in [6.07, 6.45) is 5.07. The van der Waals surface area contributed by atoms with Crippen LogP contribution in [0.4, 0.5) is 11.5 Å². The molecule has 0 aliphatic carbocycles. The predicted molar refractivity (Wildman–Crippen MR) is 133 cm³/mol. The van der Waals surface area contributed by atoms with Gasteiger partial charge in [-0.2, -0.15) is 0 Å². The Morgan fingerprint density at radius 3 is 2.31 bits per heavy atom. The van der Waals surface area contributed by atoms with Crippen LogP contribution in [0.3, 0.4) is 0 Å². The van der Waals surface area contributed by atoms with E-state index < -0.39 is 0 Å². The Morgan fingerprint density at radius 2 is 1.63 bits per heavy atom. The Kier molecular flexibility index (Phi) is 6.05. The summed E-state index contributed by atoms with van der Waals surface area (Å²) in [7, 11) is 0. The Labute approximate surface area is 201 Å². The molecule has 2 aromatic carbocycles. The summed E-state index contributed by atoms with van der Waals surface area (Å²) in [4.78, 5) is 24.8. The predicted octanol–water partition coefficient (Wildman–Crippen LogP) is 5.12. The van der Waals surface area contributed by atoms with Crippen LogP contribution in [0.2, 0.25) is 0 Å². The van der Waals surface area contributed by atoms with E-state index in [0.29, 0.717) is 22.9 Å². The molecule has 5 rings (SSSR count). The van der Waals surface area contributed by atoms with Crippen LogP contribution in [-0.2, 0) is 11.2 Å². The second kappa shape index (κ2) is 9.77. The largest absolute Gasteiger partial charge is 0.310 e. The van der Waals surface area contributed by atoms with Crippen LogP contribution < -0.4 is 5.32 Å². The monoisotopic (exact) mass is 457 g/mol. The lowest BCUT2D eigenvalue weighted by Crippen LogP contribution is -2.16. The minimum atomic E-state index is -0.259. The molecule has 8 nitrogen and oxygen atoms in total. The minimum absolute atomic E-state index is 0.00705. The molecule has 3 aromatic heterocycles. The molecular weight excluding hydrogens is 438 g/mol. The van der Waals surface area contributed by atoms with Crippen molar-refractivity contribution in [3.05, 3.63) is 115 Å². The van der Waals surface area contributed by atoms with Gasteiger partial charge in [-0.1, -0.05) is 59.8 Å². The van der Waals surface area contributed by atoms with E-state index in [0.717, 1.165) is 22.4 Å².